The van der Waals surface area contributed by atoms with Crippen LogP contribution >= 0.6 is 0 Å². The van der Waals surface area contributed by atoms with E-state index in [1.807, 2.05) is 12.1 Å². The van der Waals surface area contributed by atoms with Crippen LogP contribution in [-0.4, -0.2) is 12.4 Å². The number of allylic oxidation sites excluding steroid dienone is 2. The Balaban J connectivity index is 1.69. The maximum atomic E-state index is 11.4. The molecular formula is C22H22O2. The van der Waals surface area contributed by atoms with E-state index in [1.165, 1.54) is 16.7 Å². The summed E-state index contributed by atoms with van der Waals surface area (Å²) in [6, 6.07) is 20.8. The Hall–Kier alpha value is -2.61. The third-order valence-corrected chi connectivity index (χ3v) is 4.09. The molecule has 0 aromatic heterocycles. The zero-order valence-electron chi connectivity index (χ0n) is 13.8. The summed E-state index contributed by atoms with van der Waals surface area (Å²) < 4.78 is 5.77. The van der Waals surface area contributed by atoms with E-state index in [1.54, 1.807) is 6.08 Å². The van der Waals surface area contributed by atoms with Crippen molar-refractivity contribution in [2.45, 2.75) is 25.7 Å². The molecule has 0 saturated heterocycles. The van der Waals surface area contributed by atoms with E-state index in [4.69, 9.17) is 4.74 Å². The lowest BCUT2D eigenvalue weighted by atomic mass is 9.97. The normalized spacial score (nSPS) is 14.0. The zero-order valence-corrected chi connectivity index (χ0v) is 13.8. The zero-order chi connectivity index (χ0) is 16.6. The lowest BCUT2D eigenvalue weighted by Crippen LogP contribution is -2.05. The average Bonchev–Trinajstić information content (AvgIpc) is 2.63. The van der Waals surface area contributed by atoms with Crippen LogP contribution < -0.4 is 0 Å². The largest absolute Gasteiger partial charge is 0.497 e. The van der Waals surface area contributed by atoms with Crippen LogP contribution in [0.25, 0.3) is 5.57 Å². The first-order valence-corrected chi connectivity index (χ1v) is 8.50. The molecule has 0 bridgehead atoms. The van der Waals surface area contributed by atoms with E-state index in [0.29, 0.717) is 13.0 Å². The summed E-state index contributed by atoms with van der Waals surface area (Å²) in [4.78, 5) is 11.4. The first-order chi connectivity index (χ1) is 11.8. The summed E-state index contributed by atoms with van der Waals surface area (Å²) in [6.45, 7) is 0.599. The van der Waals surface area contributed by atoms with Gasteiger partial charge >= 0.3 is 0 Å². The van der Waals surface area contributed by atoms with Crippen LogP contribution in [0.15, 0.2) is 78.6 Å². The number of ether oxygens (including phenoxy) is 1. The Bertz CT molecular complexity index is 686. The summed E-state index contributed by atoms with van der Waals surface area (Å²) >= 11 is 0. The van der Waals surface area contributed by atoms with Crippen molar-refractivity contribution in [3.8, 4) is 0 Å². The highest BCUT2D eigenvalue weighted by atomic mass is 16.5. The molecular weight excluding hydrogens is 296 g/mol. The molecule has 24 heavy (non-hydrogen) atoms. The molecule has 0 saturated carbocycles. The molecule has 2 heteroatoms. The molecule has 0 heterocycles. The third kappa shape index (κ3) is 4.45. The minimum atomic E-state index is 0.182. The standard InChI is InChI=1S/C22H22O2/c23-20-13-7-14-21(17-20)24-16-8-15-22(18-9-3-1-4-10-18)19-11-5-2-6-12-19/h1-6,9-12,15,17H,7-8,13-14,16H2. The summed E-state index contributed by atoms with van der Waals surface area (Å²) in [6.07, 6.45) is 7.11. The van der Waals surface area contributed by atoms with E-state index < -0.39 is 0 Å². The molecule has 0 N–H and O–H groups in total. The average molecular weight is 318 g/mol. The fourth-order valence-corrected chi connectivity index (χ4v) is 2.91. The SMILES string of the molecule is O=C1C=C(OCCC=C(c2ccccc2)c2ccccc2)CCC1. The van der Waals surface area contributed by atoms with E-state index in [9.17, 15) is 4.79 Å². The van der Waals surface area contributed by atoms with Crippen LogP contribution in [-0.2, 0) is 9.53 Å². The second-order valence-corrected chi connectivity index (χ2v) is 5.92. The minimum Gasteiger partial charge on any atom is -0.497 e. The smallest absolute Gasteiger partial charge is 0.159 e. The Morgan fingerprint density at radius 2 is 1.54 bits per heavy atom. The molecule has 122 valence electrons. The van der Waals surface area contributed by atoms with Crippen LogP contribution in [0.4, 0.5) is 0 Å². The first-order valence-electron chi connectivity index (χ1n) is 8.50. The first kappa shape index (κ1) is 16.3. The Labute approximate surface area is 143 Å². The number of hydrogen-bond donors (Lipinski definition) is 0. The topological polar surface area (TPSA) is 26.3 Å². The molecule has 0 atom stereocenters. The molecule has 1 aliphatic rings. The van der Waals surface area contributed by atoms with Crippen molar-refractivity contribution in [3.63, 3.8) is 0 Å². The highest BCUT2D eigenvalue weighted by Gasteiger charge is 2.10. The molecule has 2 aromatic carbocycles. The molecule has 2 aromatic rings. The van der Waals surface area contributed by atoms with Crippen LogP contribution in [0, 0.1) is 0 Å². The Morgan fingerprint density at radius 3 is 2.12 bits per heavy atom. The van der Waals surface area contributed by atoms with Gasteiger partial charge in [0.05, 0.1) is 12.4 Å². The quantitative estimate of drug-likeness (QED) is 0.688. The van der Waals surface area contributed by atoms with Crippen molar-refractivity contribution in [2.24, 2.45) is 0 Å². The van der Waals surface area contributed by atoms with Gasteiger partial charge in [-0.25, -0.2) is 0 Å². The summed E-state index contributed by atoms with van der Waals surface area (Å²) in [5.74, 6) is 1.02. The molecule has 1 aliphatic carbocycles. The van der Waals surface area contributed by atoms with Crippen molar-refractivity contribution in [1.29, 1.82) is 0 Å². The predicted molar refractivity (Wildman–Crippen MR) is 97.5 cm³/mol. The van der Waals surface area contributed by atoms with Gasteiger partial charge in [-0.2, -0.15) is 0 Å². The van der Waals surface area contributed by atoms with Gasteiger partial charge in [-0.15, -0.1) is 0 Å². The summed E-state index contributed by atoms with van der Waals surface area (Å²) in [7, 11) is 0. The molecule has 0 fully saturated rings. The number of benzene rings is 2. The lowest BCUT2D eigenvalue weighted by molar-refractivity contribution is -0.115. The van der Waals surface area contributed by atoms with Crippen LogP contribution in [0.1, 0.15) is 36.8 Å². The van der Waals surface area contributed by atoms with E-state index in [0.717, 1.165) is 25.0 Å². The number of rotatable bonds is 6. The van der Waals surface area contributed by atoms with Crippen molar-refractivity contribution in [3.05, 3.63) is 89.7 Å². The fraction of sp³-hybridized carbons (Fsp3) is 0.227. The highest BCUT2D eigenvalue weighted by molar-refractivity contribution is 5.90. The van der Waals surface area contributed by atoms with Gasteiger partial charge in [0.15, 0.2) is 5.78 Å². The molecule has 2 nitrogen and oxygen atoms in total. The predicted octanol–water partition coefficient (Wildman–Crippen LogP) is 5.16. The summed E-state index contributed by atoms with van der Waals surface area (Å²) in [5, 5.41) is 0. The van der Waals surface area contributed by atoms with E-state index in [2.05, 4.69) is 54.6 Å². The van der Waals surface area contributed by atoms with Gasteiger partial charge < -0.3 is 4.74 Å². The van der Waals surface area contributed by atoms with Gasteiger partial charge in [0, 0.05) is 25.3 Å². The molecule has 0 radical (unpaired) electrons. The second-order valence-electron chi connectivity index (χ2n) is 5.92. The minimum absolute atomic E-state index is 0.182. The van der Waals surface area contributed by atoms with Crippen molar-refractivity contribution < 1.29 is 9.53 Å². The van der Waals surface area contributed by atoms with Gasteiger partial charge in [-0.3, -0.25) is 4.79 Å². The highest BCUT2D eigenvalue weighted by Crippen LogP contribution is 2.24. The molecule has 0 unspecified atom stereocenters. The van der Waals surface area contributed by atoms with E-state index >= 15 is 0 Å². The van der Waals surface area contributed by atoms with E-state index in [-0.39, 0.29) is 5.78 Å². The lowest BCUT2D eigenvalue weighted by Gasteiger charge is -2.13. The van der Waals surface area contributed by atoms with Crippen molar-refractivity contribution in [1.82, 2.24) is 0 Å². The van der Waals surface area contributed by atoms with Gasteiger partial charge in [-0.05, 0) is 23.1 Å². The number of carbonyl (C=O) groups excluding carboxylic acids is 1. The molecule has 0 amide bonds. The van der Waals surface area contributed by atoms with Gasteiger partial charge in [0.25, 0.3) is 0 Å². The van der Waals surface area contributed by atoms with Crippen LogP contribution in [0.3, 0.4) is 0 Å². The third-order valence-electron chi connectivity index (χ3n) is 4.09. The maximum Gasteiger partial charge on any atom is 0.159 e. The maximum absolute atomic E-state index is 11.4. The Morgan fingerprint density at radius 1 is 0.917 bits per heavy atom. The van der Waals surface area contributed by atoms with Crippen LogP contribution in [0.5, 0.6) is 0 Å². The van der Waals surface area contributed by atoms with Gasteiger partial charge in [0.2, 0.25) is 0 Å². The monoisotopic (exact) mass is 318 g/mol. The molecule has 3 rings (SSSR count). The molecule has 0 aliphatic heterocycles. The molecule has 0 spiro atoms. The number of hydrogen-bond acceptors (Lipinski definition) is 2. The fourth-order valence-electron chi connectivity index (χ4n) is 2.91. The van der Waals surface area contributed by atoms with Crippen LogP contribution in [0.2, 0.25) is 0 Å². The van der Waals surface area contributed by atoms with Crippen molar-refractivity contribution in [2.75, 3.05) is 6.61 Å². The second kappa shape index (κ2) is 8.30. The van der Waals surface area contributed by atoms with Gasteiger partial charge in [0.1, 0.15) is 0 Å². The van der Waals surface area contributed by atoms with Gasteiger partial charge in [-0.1, -0.05) is 66.7 Å². The Kier molecular flexibility index (Phi) is 5.62. The number of ketones is 1. The van der Waals surface area contributed by atoms with Crippen molar-refractivity contribution >= 4 is 11.4 Å². The summed E-state index contributed by atoms with van der Waals surface area (Å²) in [5.41, 5.74) is 3.63. The number of carbonyl (C=O) groups is 1.